The Hall–Kier alpha value is -3.65. The van der Waals surface area contributed by atoms with E-state index < -0.39 is 11.6 Å². The van der Waals surface area contributed by atoms with Crippen LogP contribution in [0.25, 0.3) is 11.3 Å². The van der Waals surface area contributed by atoms with Crippen LogP contribution >= 0.6 is 0 Å². The van der Waals surface area contributed by atoms with Gasteiger partial charge in [-0.25, -0.2) is 4.79 Å². The number of aryl methyl sites for hydroxylation is 1. The van der Waals surface area contributed by atoms with E-state index in [1.54, 1.807) is 23.9 Å². The Morgan fingerprint density at radius 1 is 1.03 bits per heavy atom. The fraction of sp³-hybridized carbons (Fsp3) is 0.414. The normalized spacial score (nSPS) is 11.9. The van der Waals surface area contributed by atoms with E-state index in [2.05, 4.69) is 43.3 Å². The SMILES string of the molecule is COCCn1nc(-c2ccc(C(C)(C)C)cc2)cc1C(=O)NCc1ccc(OC(C)(C)C(=O)O)c(C)c1. The van der Waals surface area contributed by atoms with E-state index in [4.69, 9.17) is 9.47 Å². The van der Waals surface area contributed by atoms with Crippen LogP contribution in [0.5, 0.6) is 5.75 Å². The molecule has 1 heterocycles. The van der Waals surface area contributed by atoms with Crippen molar-refractivity contribution in [1.29, 1.82) is 0 Å². The van der Waals surface area contributed by atoms with Crippen LogP contribution in [0.3, 0.4) is 0 Å². The number of hydrogen-bond donors (Lipinski definition) is 2. The summed E-state index contributed by atoms with van der Waals surface area (Å²) in [5.41, 5.74) is 3.70. The molecular formula is C29H37N3O5. The number of carboxylic acid groups (broad SMARTS) is 1. The number of nitrogens with zero attached hydrogens (tertiary/aromatic N) is 2. The van der Waals surface area contributed by atoms with Gasteiger partial charge in [0, 0.05) is 19.2 Å². The second-order valence-corrected chi connectivity index (χ2v) is 10.7. The van der Waals surface area contributed by atoms with Crippen molar-refractivity contribution in [3.05, 3.63) is 70.9 Å². The molecule has 0 atom stereocenters. The first-order valence-corrected chi connectivity index (χ1v) is 12.3. The molecule has 0 saturated carbocycles. The van der Waals surface area contributed by atoms with Crippen LogP contribution in [0.2, 0.25) is 0 Å². The number of amides is 1. The molecule has 3 aromatic rings. The van der Waals surface area contributed by atoms with Gasteiger partial charge >= 0.3 is 5.97 Å². The predicted octanol–water partition coefficient (Wildman–Crippen LogP) is 4.97. The number of hydrogen-bond acceptors (Lipinski definition) is 5. The van der Waals surface area contributed by atoms with Crippen molar-refractivity contribution in [2.75, 3.05) is 13.7 Å². The highest BCUT2D eigenvalue weighted by atomic mass is 16.5. The number of benzene rings is 2. The monoisotopic (exact) mass is 507 g/mol. The minimum atomic E-state index is -1.34. The molecule has 8 nitrogen and oxygen atoms in total. The molecule has 0 fully saturated rings. The summed E-state index contributed by atoms with van der Waals surface area (Å²) in [7, 11) is 1.61. The van der Waals surface area contributed by atoms with Gasteiger partial charge in [0.15, 0.2) is 5.60 Å². The third kappa shape index (κ3) is 6.98. The lowest BCUT2D eigenvalue weighted by molar-refractivity contribution is -0.152. The summed E-state index contributed by atoms with van der Waals surface area (Å²) in [6.45, 7) is 12.5. The van der Waals surface area contributed by atoms with Gasteiger partial charge in [0.05, 0.1) is 18.8 Å². The second-order valence-electron chi connectivity index (χ2n) is 10.7. The first-order valence-electron chi connectivity index (χ1n) is 12.3. The van der Waals surface area contributed by atoms with Gasteiger partial charge in [-0.2, -0.15) is 5.10 Å². The number of carbonyl (C=O) groups is 2. The Kier molecular flexibility index (Phi) is 8.43. The van der Waals surface area contributed by atoms with Crippen LogP contribution in [-0.4, -0.2) is 46.1 Å². The number of rotatable bonds is 10. The van der Waals surface area contributed by atoms with Gasteiger partial charge < -0.3 is 19.9 Å². The molecule has 1 amide bonds. The van der Waals surface area contributed by atoms with Gasteiger partial charge in [0.25, 0.3) is 5.91 Å². The summed E-state index contributed by atoms with van der Waals surface area (Å²) in [4.78, 5) is 24.5. The number of nitrogens with one attached hydrogen (secondary N) is 1. The predicted molar refractivity (Wildman–Crippen MR) is 143 cm³/mol. The van der Waals surface area contributed by atoms with Gasteiger partial charge in [-0.1, -0.05) is 57.2 Å². The number of methoxy groups -OCH3 is 1. The van der Waals surface area contributed by atoms with Crippen molar-refractivity contribution >= 4 is 11.9 Å². The molecule has 0 aliphatic carbocycles. The molecule has 0 spiro atoms. The number of aliphatic carboxylic acids is 1. The average Bonchev–Trinajstić information content (AvgIpc) is 3.26. The van der Waals surface area contributed by atoms with Crippen molar-refractivity contribution in [3.63, 3.8) is 0 Å². The Labute approximate surface area is 218 Å². The maximum Gasteiger partial charge on any atom is 0.347 e. The summed E-state index contributed by atoms with van der Waals surface area (Å²) in [6.07, 6.45) is 0. The standard InChI is InChI=1S/C29H37N3O5/c1-19-16-20(8-13-25(19)37-29(5,6)27(34)35)18-30-26(33)24-17-23(31-32(24)14-15-36-7)21-9-11-22(12-10-21)28(2,3)4/h8-13,16-17H,14-15,18H2,1-7H3,(H,30,33)(H,34,35). The Morgan fingerprint density at radius 3 is 2.27 bits per heavy atom. The maximum absolute atomic E-state index is 13.1. The first kappa shape index (κ1) is 27.9. The minimum Gasteiger partial charge on any atom is -0.478 e. The zero-order chi connectivity index (χ0) is 27.4. The van der Waals surface area contributed by atoms with Gasteiger partial charge in [0.2, 0.25) is 0 Å². The van der Waals surface area contributed by atoms with Gasteiger partial charge in [-0.3, -0.25) is 9.48 Å². The van der Waals surface area contributed by atoms with E-state index in [-0.39, 0.29) is 11.3 Å². The summed E-state index contributed by atoms with van der Waals surface area (Å²) in [5, 5.41) is 16.9. The number of carboxylic acids is 1. The fourth-order valence-corrected chi connectivity index (χ4v) is 3.76. The van der Waals surface area contributed by atoms with Gasteiger partial charge in [-0.05, 0) is 55.0 Å². The van der Waals surface area contributed by atoms with Crippen molar-refractivity contribution < 1.29 is 24.2 Å². The van der Waals surface area contributed by atoms with Crippen molar-refractivity contribution in [2.45, 2.75) is 65.6 Å². The highest BCUT2D eigenvalue weighted by Gasteiger charge is 2.30. The van der Waals surface area contributed by atoms with Crippen LogP contribution in [-0.2, 0) is 28.0 Å². The molecule has 2 aromatic carbocycles. The van der Waals surface area contributed by atoms with Crippen molar-refractivity contribution in [1.82, 2.24) is 15.1 Å². The second kappa shape index (κ2) is 11.2. The van der Waals surface area contributed by atoms with Crippen molar-refractivity contribution in [2.24, 2.45) is 0 Å². The Balaban J connectivity index is 1.76. The molecule has 0 saturated heterocycles. The third-order valence-corrected chi connectivity index (χ3v) is 6.14. The Morgan fingerprint density at radius 2 is 1.70 bits per heavy atom. The smallest absolute Gasteiger partial charge is 0.347 e. The minimum absolute atomic E-state index is 0.0521. The molecule has 198 valence electrons. The van der Waals surface area contributed by atoms with Crippen LogP contribution < -0.4 is 10.1 Å². The summed E-state index contributed by atoms with van der Waals surface area (Å²) >= 11 is 0. The molecular weight excluding hydrogens is 470 g/mol. The van der Waals surface area contributed by atoms with Crippen molar-refractivity contribution in [3.8, 4) is 17.0 Å². The van der Waals surface area contributed by atoms with Gasteiger partial charge in [-0.15, -0.1) is 0 Å². The molecule has 8 heteroatoms. The zero-order valence-electron chi connectivity index (χ0n) is 22.7. The lowest BCUT2D eigenvalue weighted by Crippen LogP contribution is -2.38. The van der Waals surface area contributed by atoms with E-state index in [0.717, 1.165) is 22.4 Å². The van der Waals surface area contributed by atoms with Crippen LogP contribution in [0.4, 0.5) is 0 Å². The van der Waals surface area contributed by atoms with Gasteiger partial charge in [0.1, 0.15) is 11.4 Å². The highest BCUT2D eigenvalue weighted by Crippen LogP contribution is 2.27. The van der Waals surface area contributed by atoms with E-state index in [1.165, 1.54) is 19.4 Å². The average molecular weight is 508 g/mol. The van der Waals surface area contributed by atoms with Crippen LogP contribution in [0.1, 0.15) is 61.8 Å². The topological polar surface area (TPSA) is 103 Å². The van der Waals surface area contributed by atoms with Crippen LogP contribution in [0.15, 0.2) is 48.5 Å². The molecule has 37 heavy (non-hydrogen) atoms. The number of aromatic nitrogens is 2. The molecule has 1 aromatic heterocycles. The molecule has 0 radical (unpaired) electrons. The lowest BCUT2D eigenvalue weighted by Gasteiger charge is -2.23. The van der Waals surface area contributed by atoms with E-state index >= 15 is 0 Å². The molecule has 0 bridgehead atoms. The molecule has 2 N–H and O–H groups in total. The summed E-state index contributed by atoms with van der Waals surface area (Å²) in [6, 6.07) is 15.5. The largest absolute Gasteiger partial charge is 0.478 e. The van der Waals surface area contributed by atoms with E-state index in [1.807, 2.05) is 31.2 Å². The molecule has 0 aliphatic rings. The molecule has 0 aliphatic heterocycles. The zero-order valence-corrected chi connectivity index (χ0v) is 22.7. The van der Waals surface area contributed by atoms with Crippen LogP contribution in [0, 0.1) is 6.92 Å². The van der Waals surface area contributed by atoms with E-state index in [0.29, 0.717) is 31.1 Å². The first-order chi connectivity index (χ1) is 17.3. The molecule has 0 unspecified atom stereocenters. The summed E-state index contributed by atoms with van der Waals surface area (Å²) in [5.74, 6) is -0.800. The van der Waals surface area contributed by atoms with E-state index in [9.17, 15) is 14.7 Å². The fourth-order valence-electron chi connectivity index (χ4n) is 3.76. The molecule has 3 rings (SSSR count). The lowest BCUT2D eigenvalue weighted by atomic mass is 9.86. The Bertz CT molecular complexity index is 1250. The number of ether oxygens (including phenoxy) is 2. The maximum atomic E-state index is 13.1. The number of carbonyl (C=O) groups excluding carboxylic acids is 1. The quantitative estimate of drug-likeness (QED) is 0.402. The summed E-state index contributed by atoms with van der Waals surface area (Å²) < 4.78 is 12.5. The third-order valence-electron chi connectivity index (χ3n) is 6.14. The highest BCUT2D eigenvalue weighted by molar-refractivity contribution is 5.93.